The number of carboxylic acids is 1. The van der Waals surface area contributed by atoms with Crippen LogP contribution in [0.3, 0.4) is 0 Å². The Bertz CT molecular complexity index is 874. The van der Waals surface area contributed by atoms with Gasteiger partial charge in [0.2, 0.25) is 5.88 Å². The molecule has 1 heterocycles. The van der Waals surface area contributed by atoms with Crippen molar-refractivity contribution in [1.29, 1.82) is 0 Å². The molecule has 1 N–H and O–H groups in total. The van der Waals surface area contributed by atoms with Crippen LogP contribution in [0.15, 0.2) is 36.5 Å². The summed E-state index contributed by atoms with van der Waals surface area (Å²) in [6.45, 7) is 1.52. The number of benzene rings is 1. The van der Waals surface area contributed by atoms with Crippen LogP contribution in [0.2, 0.25) is 0 Å². The lowest BCUT2D eigenvalue weighted by Gasteiger charge is -2.29. The van der Waals surface area contributed by atoms with Gasteiger partial charge in [0, 0.05) is 12.3 Å². The maximum Gasteiger partial charge on any atom is 0.454 e. The molecule has 0 aliphatic heterocycles. The lowest BCUT2D eigenvalue weighted by atomic mass is 9.87. The molecule has 3 rings (SSSR count). The van der Waals surface area contributed by atoms with Gasteiger partial charge in [0.1, 0.15) is 5.75 Å². The molecule has 0 spiro atoms. The lowest BCUT2D eigenvalue weighted by molar-refractivity contribution is -0.296. The minimum Gasteiger partial charge on any atom is -0.478 e. The van der Waals surface area contributed by atoms with Crippen molar-refractivity contribution >= 4 is 5.97 Å². The highest BCUT2D eigenvalue weighted by Crippen LogP contribution is 2.63. The summed E-state index contributed by atoms with van der Waals surface area (Å²) in [5.74, 6) is -5.68. The Labute approximate surface area is 150 Å². The Morgan fingerprint density at radius 3 is 2.26 bits per heavy atom. The summed E-state index contributed by atoms with van der Waals surface area (Å²) >= 11 is 0. The van der Waals surface area contributed by atoms with Gasteiger partial charge in [0.05, 0.1) is 11.0 Å². The third-order valence-corrected chi connectivity index (χ3v) is 4.63. The van der Waals surface area contributed by atoms with Gasteiger partial charge in [-0.05, 0) is 43.0 Å². The highest BCUT2D eigenvalue weighted by molar-refractivity contribution is 5.87. The number of carbonyl (C=O) groups is 1. The summed E-state index contributed by atoms with van der Waals surface area (Å²) in [5.41, 5.74) is -2.01. The molecule has 0 atom stereocenters. The topological polar surface area (TPSA) is 59.4 Å². The van der Waals surface area contributed by atoms with Crippen LogP contribution >= 0.6 is 0 Å². The number of ether oxygens (including phenoxy) is 1. The van der Waals surface area contributed by atoms with E-state index < -0.39 is 23.5 Å². The Balaban J connectivity index is 1.85. The zero-order valence-corrected chi connectivity index (χ0v) is 14.0. The van der Waals surface area contributed by atoms with Gasteiger partial charge >= 0.3 is 18.1 Å². The third kappa shape index (κ3) is 3.22. The predicted molar refractivity (Wildman–Crippen MR) is 84.4 cm³/mol. The zero-order chi connectivity index (χ0) is 20.0. The van der Waals surface area contributed by atoms with Gasteiger partial charge in [-0.25, -0.2) is 9.78 Å². The number of pyridine rings is 1. The summed E-state index contributed by atoms with van der Waals surface area (Å²) in [4.78, 5) is 14.6. The van der Waals surface area contributed by atoms with Crippen LogP contribution in [0.25, 0.3) is 0 Å². The molecule has 1 aliphatic rings. The summed E-state index contributed by atoms with van der Waals surface area (Å²) < 4.78 is 71.7. The number of carboxylic acid groups (broad SMARTS) is 1. The molecule has 144 valence electrons. The van der Waals surface area contributed by atoms with E-state index in [-0.39, 0.29) is 35.6 Å². The number of halogens is 5. The monoisotopic (exact) mass is 387 g/mol. The number of alkyl halides is 5. The SMILES string of the molecule is Cc1cc(C2(C(F)(F)C(F)(F)F)CC2)ccc1Oc1ccc(C(=O)O)cn1. The molecular formula is C18H14F5NO3. The second-order valence-electron chi connectivity index (χ2n) is 6.43. The number of nitrogens with zero attached hydrogens (tertiary/aromatic N) is 1. The fraction of sp³-hybridized carbons (Fsp3) is 0.333. The molecule has 2 aromatic rings. The second kappa shape index (κ2) is 6.17. The Kier molecular flexibility index (Phi) is 4.36. The van der Waals surface area contributed by atoms with E-state index in [0.717, 1.165) is 6.20 Å². The second-order valence-corrected chi connectivity index (χ2v) is 6.43. The van der Waals surface area contributed by atoms with E-state index in [0.29, 0.717) is 5.56 Å². The zero-order valence-electron chi connectivity index (χ0n) is 14.0. The third-order valence-electron chi connectivity index (χ3n) is 4.63. The number of aromatic nitrogens is 1. The molecule has 0 radical (unpaired) electrons. The summed E-state index contributed by atoms with van der Waals surface area (Å²) in [6, 6.07) is 6.35. The molecule has 0 bridgehead atoms. The van der Waals surface area contributed by atoms with Gasteiger partial charge in [-0.3, -0.25) is 0 Å². The Morgan fingerprint density at radius 2 is 1.81 bits per heavy atom. The highest BCUT2D eigenvalue weighted by atomic mass is 19.4. The minimum absolute atomic E-state index is 0.0422. The molecule has 0 amide bonds. The summed E-state index contributed by atoms with van der Waals surface area (Å²) in [6.07, 6.45) is -5.04. The van der Waals surface area contributed by atoms with Crippen molar-refractivity contribution < 1.29 is 36.6 Å². The van der Waals surface area contributed by atoms with E-state index >= 15 is 0 Å². The van der Waals surface area contributed by atoms with Gasteiger partial charge in [0.25, 0.3) is 0 Å². The van der Waals surface area contributed by atoms with Crippen LogP contribution in [0.1, 0.15) is 34.3 Å². The molecule has 9 heteroatoms. The number of hydrogen-bond acceptors (Lipinski definition) is 3. The first kappa shape index (κ1) is 19.1. The number of hydrogen-bond donors (Lipinski definition) is 1. The van der Waals surface area contributed by atoms with Crippen LogP contribution in [0, 0.1) is 6.92 Å². The quantitative estimate of drug-likeness (QED) is 0.725. The average molecular weight is 387 g/mol. The molecule has 1 aromatic heterocycles. The molecule has 1 saturated carbocycles. The molecule has 1 aliphatic carbocycles. The van der Waals surface area contributed by atoms with E-state index in [9.17, 15) is 26.7 Å². The number of aryl methyl sites for hydroxylation is 1. The van der Waals surface area contributed by atoms with Crippen molar-refractivity contribution in [1.82, 2.24) is 4.98 Å². The van der Waals surface area contributed by atoms with Crippen LogP contribution in [0.5, 0.6) is 11.6 Å². The van der Waals surface area contributed by atoms with E-state index in [1.807, 2.05) is 0 Å². The fourth-order valence-corrected chi connectivity index (χ4v) is 2.92. The van der Waals surface area contributed by atoms with Gasteiger partial charge < -0.3 is 9.84 Å². The smallest absolute Gasteiger partial charge is 0.454 e. The van der Waals surface area contributed by atoms with Crippen LogP contribution in [-0.2, 0) is 5.41 Å². The van der Waals surface area contributed by atoms with Crippen molar-refractivity contribution in [3.05, 3.63) is 53.2 Å². The van der Waals surface area contributed by atoms with E-state index in [1.165, 1.54) is 37.3 Å². The first-order chi connectivity index (χ1) is 12.5. The van der Waals surface area contributed by atoms with Crippen molar-refractivity contribution in [3.8, 4) is 11.6 Å². The Morgan fingerprint density at radius 1 is 1.15 bits per heavy atom. The van der Waals surface area contributed by atoms with Crippen LogP contribution < -0.4 is 4.74 Å². The predicted octanol–water partition coefficient (Wildman–Crippen LogP) is 5.11. The van der Waals surface area contributed by atoms with Crippen molar-refractivity contribution in [3.63, 3.8) is 0 Å². The molecule has 4 nitrogen and oxygen atoms in total. The van der Waals surface area contributed by atoms with Crippen LogP contribution in [0.4, 0.5) is 22.0 Å². The van der Waals surface area contributed by atoms with Crippen molar-refractivity contribution in [2.75, 3.05) is 0 Å². The van der Waals surface area contributed by atoms with Gasteiger partial charge in [-0.15, -0.1) is 0 Å². The normalized spacial score (nSPS) is 16.1. The highest BCUT2D eigenvalue weighted by Gasteiger charge is 2.75. The largest absolute Gasteiger partial charge is 0.478 e. The van der Waals surface area contributed by atoms with Gasteiger partial charge in [0.15, 0.2) is 0 Å². The molecule has 1 fully saturated rings. The van der Waals surface area contributed by atoms with Crippen molar-refractivity contribution in [2.24, 2.45) is 0 Å². The van der Waals surface area contributed by atoms with E-state index in [4.69, 9.17) is 9.84 Å². The summed E-state index contributed by atoms with van der Waals surface area (Å²) in [5, 5.41) is 8.82. The molecule has 0 saturated heterocycles. The van der Waals surface area contributed by atoms with Crippen molar-refractivity contribution in [2.45, 2.75) is 37.3 Å². The van der Waals surface area contributed by atoms with Crippen LogP contribution in [-0.4, -0.2) is 28.2 Å². The van der Waals surface area contributed by atoms with Gasteiger partial charge in [-0.2, -0.15) is 22.0 Å². The Hall–Kier alpha value is -2.71. The minimum atomic E-state index is -5.62. The average Bonchev–Trinajstić information content (AvgIpc) is 3.38. The molecular weight excluding hydrogens is 373 g/mol. The van der Waals surface area contributed by atoms with E-state index in [1.54, 1.807) is 0 Å². The maximum atomic E-state index is 13.9. The first-order valence-corrected chi connectivity index (χ1v) is 7.91. The number of aromatic carboxylic acids is 1. The molecule has 1 aromatic carbocycles. The fourth-order valence-electron chi connectivity index (χ4n) is 2.92. The summed E-state index contributed by atoms with van der Waals surface area (Å²) in [7, 11) is 0. The lowest BCUT2D eigenvalue weighted by Crippen LogP contribution is -2.47. The number of rotatable bonds is 5. The maximum absolute atomic E-state index is 13.9. The van der Waals surface area contributed by atoms with Gasteiger partial charge in [-0.1, -0.05) is 12.1 Å². The molecule has 27 heavy (non-hydrogen) atoms. The molecule has 0 unspecified atom stereocenters. The first-order valence-electron chi connectivity index (χ1n) is 7.91. The standard InChI is InChI=1S/C18H14F5NO3/c1-10-8-12(16(6-7-16)17(19,20)18(21,22)23)3-4-13(10)27-14-5-2-11(9-24-14)15(25)26/h2-5,8-9H,6-7H2,1H3,(H,25,26). The van der Waals surface area contributed by atoms with E-state index in [2.05, 4.69) is 4.98 Å².